The largest absolute Gasteiger partial charge is 0.457 e. The minimum absolute atomic E-state index is 0.362. The number of nitrogens with zero attached hydrogens (tertiary/aromatic N) is 4. The van der Waals surface area contributed by atoms with Crippen molar-refractivity contribution < 1.29 is 19.0 Å². The zero-order valence-corrected chi connectivity index (χ0v) is 23.9. The van der Waals surface area contributed by atoms with Crippen LogP contribution in [0.4, 0.5) is 17.3 Å². The van der Waals surface area contributed by atoms with E-state index in [1.807, 2.05) is 52.0 Å². The van der Waals surface area contributed by atoms with E-state index in [-0.39, 0.29) is 5.97 Å². The number of aryl methyl sites for hydroxylation is 1. The second kappa shape index (κ2) is 12.5. The van der Waals surface area contributed by atoms with Gasteiger partial charge in [-0.05, 0) is 81.8 Å². The van der Waals surface area contributed by atoms with Crippen LogP contribution in [-0.2, 0) is 9.47 Å². The SMILES string of the molecule is Cc1cc(Nc2ncnc3cnc(NCCN4CCOCC4)cc23)ccc1Oc1ccc(C(=O)OC(C)(C)C)cc1. The molecule has 10 heteroatoms. The lowest BCUT2D eigenvalue weighted by Gasteiger charge is -2.26. The number of benzene rings is 2. The predicted octanol–water partition coefficient (Wildman–Crippen LogP) is 5.57. The molecule has 1 saturated heterocycles. The summed E-state index contributed by atoms with van der Waals surface area (Å²) in [5.41, 5.74) is 2.50. The zero-order valence-electron chi connectivity index (χ0n) is 23.9. The summed E-state index contributed by atoms with van der Waals surface area (Å²) < 4.78 is 16.9. The fourth-order valence-electron chi connectivity index (χ4n) is 4.42. The first-order valence-corrected chi connectivity index (χ1v) is 13.8. The van der Waals surface area contributed by atoms with E-state index < -0.39 is 5.60 Å². The molecule has 0 bridgehead atoms. The van der Waals surface area contributed by atoms with Crippen molar-refractivity contribution in [3.8, 4) is 11.5 Å². The molecule has 4 aromatic rings. The van der Waals surface area contributed by atoms with Gasteiger partial charge in [-0.3, -0.25) is 4.90 Å². The summed E-state index contributed by atoms with van der Waals surface area (Å²) >= 11 is 0. The molecule has 1 fully saturated rings. The Kier molecular flexibility index (Phi) is 8.61. The van der Waals surface area contributed by atoms with Gasteiger partial charge in [-0.1, -0.05) is 0 Å². The topological polar surface area (TPSA) is 111 Å². The number of carbonyl (C=O) groups excluding carboxylic acids is 1. The lowest BCUT2D eigenvalue weighted by molar-refractivity contribution is 0.00695. The third-order valence-corrected chi connectivity index (χ3v) is 6.51. The Labute approximate surface area is 240 Å². The van der Waals surface area contributed by atoms with Crippen molar-refractivity contribution in [1.29, 1.82) is 0 Å². The van der Waals surface area contributed by atoms with Crippen LogP contribution < -0.4 is 15.4 Å². The summed E-state index contributed by atoms with van der Waals surface area (Å²) in [6.07, 6.45) is 3.29. The van der Waals surface area contributed by atoms with E-state index in [9.17, 15) is 4.79 Å². The van der Waals surface area contributed by atoms with Crippen molar-refractivity contribution >= 4 is 34.2 Å². The van der Waals surface area contributed by atoms with E-state index in [2.05, 4.69) is 30.5 Å². The van der Waals surface area contributed by atoms with Crippen LogP contribution in [0.3, 0.4) is 0 Å². The Morgan fingerprint density at radius 3 is 2.54 bits per heavy atom. The molecule has 0 spiro atoms. The van der Waals surface area contributed by atoms with Crippen molar-refractivity contribution in [2.24, 2.45) is 0 Å². The van der Waals surface area contributed by atoms with Crippen LogP contribution in [0.15, 0.2) is 61.1 Å². The molecule has 0 atom stereocenters. The van der Waals surface area contributed by atoms with Crippen LogP contribution in [-0.4, -0.2) is 70.8 Å². The number of esters is 1. The normalized spacial score (nSPS) is 14.0. The second-order valence-corrected chi connectivity index (χ2v) is 10.9. The Bertz CT molecular complexity index is 1500. The fourth-order valence-corrected chi connectivity index (χ4v) is 4.42. The summed E-state index contributed by atoms with van der Waals surface area (Å²) in [7, 11) is 0. The van der Waals surface area contributed by atoms with Crippen LogP contribution >= 0.6 is 0 Å². The van der Waals surface area contributed by atoms with Gasteiger partial charge in [0.2, 0.25) is 0 Å². The molecular weight excluding hydrogens is 520 g/mol. The van der Waals surface area contributed by atoms with E-state index in [0.717, 1.165) is 67.4 Å². The van der Waals surface area contributed by atoms with Crippen molar-refractivity contribution in [3.63, 3.8) is 0 Å². The molecule has 3 heterocycles. The maximum Gasteiger partial charge on any atom is 0.338 e. The van der Waals surface area contributed by atoms with E-state index in [4.69, 9.17) is 14.2 Å². The smallest absolute Gasteiger partial charge is 0.338 e. The first-order chi connectivity index (χ1) is 19.7. The number of carbonyl (C=O) groups is 1. The predicted molar refractivity (Wildman–Crippen MR) is 159 cm³/mol. The molecule has 2 N–H and O–H groups in total. The molecule has 0 amide bonds. The van der Waals surface area contributed by atoms with Gasteiger partial charge in [0.25, 0.3) is 0 Å². The highest BCUT2D eigenvalue weighted by Gasteiger charge is 2.18. The quantitative estimate of drug-likeness (QED) is 0.254. The minimum Gasteiger partial charge on any atom is -0.457 e. The molecule has 5 rings (SSSR count). The van der Waals surface area contributed by atoms with Gasteiger partial charge in [-0.2, -0.15) is 0 Å². The number of hydrogen-bond donors (Lipinski definition) is 2. The van der Waals surface area contributed by atoms with Gasteiger partial charge in [0.05, 0.1) is 30.5 Å². The fraction of sp³-hybridized carbons (Fsp3) is 0.355. The second-order valence-electron chi connectivity index (χ2n) is 10.9. The average Bonchev–Trinajstić information content (AvgIpc) is 2.95. The molecule has 2 aromatic heterocycles. The number of rotatable bonds is 9. The van der Waals surface area contributed by atoms with Crippen molar-refractivity contribution in [2.45, 2.75) is 33.3 Å². The van der Waals surface area contributed by atoms with E-state index in [0.29, 0.717) is 22.9 Å². The maximum absolute atomic E-state index is 12.3. The Morgan fingerprint density at radius 1 is 1.02 bits per heavy atom. The van der Waals surface area contributed by atoms with Crippen LogP contribution in [0.1, 0.15) is 36.7 Å². The van der Waals surface area contributed by atoms with Crippen LogP contribution in [0, 0.1) is 6.92 Å². The molecule has 0 saturated carbocycles. The van der Waals surface area contributed by atoms with Crippen LogP contribution in [0.5, 0.6) is 11.5 Å². The number of morpholine rings is 1. The van der Waals surface area contributed by atoms with Gasteiger partial charge in [-0.25, -0.2) is 19.7 Å². The summed E-state index contributed by atoms with van der Waals surface area (Å²) in [6, 6.07) is 14.8. The highest BCUT2D eigenvalue weighted by atomic mass is 16.6. The number of fused-ring (bicyclic) bond motifs is 1. The Hall–Kier alpha value is -4.28. The third kappa shape index (κ3) is 7.68. The van der Waals surface area contributed by atoms with Gasteiger partial charge in [0.1, 0.15) is 35.1 Å². The van der Waals surface area contributed by atoms with Gasteiger partial charge >= 0.3 is 5.97 Å². The summed E-state index contributed by atoms with van der Waals surface area (Å²) in [5, 5.41) is 7.71. The Morgan fingerprint density at radius 2 is 1.80 bits per heavy atom. The first kappa shape index (κ1) is 28.3. The molecule has 214 valence electrons. The standard InChI is InChI=1S/C31H36N6O4/c1-21-17-23(7-10-27(21)40-24-8-5-22(6-9-24)30(38)41-31(2,3)4)36-29-25-18-28(33-19-26(25)34-20-35-29)32-11-12-37-13-15-39-16-14-37/h5-10,17-20H,11-16H2,1-4H3,(H,32,33)(H,34,35,36). The average molecular weight is 557 g/mol. The van der Waals surface area contributed by atoms with Gasteiger partial charge in [-0.15, -0.1) is 0 Å². The highest BCUT2D eigenvalue weighted by molar-refractivity contribution is 5.92. The van der Waals surface area contributed by atoms with E-state index in [1.165, 1.54) is 6.33 Å². The molecular formula is C31H36N6O4. The van der Waals surface area contributed by atoms with Gasteiger partial charge in [0, 0.05) is 37.3 Å². The zero-order chi connectivity index (χ0) is 28.8. The first-order valence-electron chi connectivity index (χ1n) is 13.8. The van der Waals surface area contributed by atoms with E-state index >= 15 is 0 Å². The molecule has 10 nitrogen and oxygen atoms in total. The molecule has 1 aliphatic rings. The molecule has 2 aromatic carbocycles. The van der Waals surface area contributed by atoms with Gasteiger partial charge in [0.15, 0.2) is 0 Å². The number of ether oxygens (including phenoxy) is 3. The maximum atomic E-state index is 12.3. The minimum atomic E-state index is -0.545. The molecule has 0 unspecified atom stereocenters. The summed E-state index contributed by atoms with van der Waals surface area (Å²) in [4.78, 5) is 28.1. The van der Waals surface area contributed by atoms with Gasteiger partial charge < -0.3 is 24.8 Å². The lowest BCUT2D eigenvalue weighted by Crippen LogP contribution is -2.39. The van der Waals surface area contributed by atoms with Crippen LogP contribution in [0.25, 0.3) is 10.9 Å². The third-order valence-electron chi connectivity index (χ3n) is 6.51. The molecule has 0 radical (unpaired) electrons. The van der Waals surface area contributed by atoms with Crippen LogP contribution in [0.2, 0.25) is 0 Å². The summed E-state index contributed by atoms with van der Waals surface area (Å²) in [6.45, 7) is 12.7. The number of anilines is 3. The molecule has 0 aliphatic carbocycles. The van der Waals surface area contributed by atoms with E-state index in [1.54, 1.807) is 30.5 Å². The monoisotopic (exact) mass is 556 g/mol. The van der Waals surface area contributed by atoms with Crippen molar-refractivity contribution in [1.82, 2.24) is 19.9 Å². The molecule has 41 heavy (non-hydrogen) atoms. The number of pyridine rings is 1. The summed E-state index contributed by atoms with van der Waals surface area (Å²) in [5.74, 6) is 2.45. The van der Waals surface area contributed by atoms with Crippen molar-refractivity contribution in [3.05, 3.63) is 72.2 Å². The lowest BCUT2D eigenvalue weighted by atomic mass is 10.1. The molecule has 1 aliphatic heterocycles. The number of hydrogen-bond acceptors (Lipinski definition) is 10. The van der Waals surface area contributed by atoms with Crippen molar-refractivity contribution in [2.75, 3.05) is 50.0 Å². The highest BCUT2D eigenvalue weighted by Crippen LogP contribution is 2.30. The Balaban J connectivity index is 1.24. The number of nitrogens with one attached hydrogen (secondary N) is 2. The number of aromatic nitrogens is 3.